The molecule has 0 aliphatic carbocycles. The zero-order chi connectivity index (χ0) is 18.8. The summed E-state index contributed by atoms with van der Waals surface area (Å²) in [7, 11) is -4.23. The minimum Gasteiger partial charge on any atom is -0.279 e. The second-order valence-electron chi connectivity index (χ2n) is 4.71. The van der Waals surface area contributed by atoms with E-state index >= 15 is 0 Å². The maximum atomic E-state index is 12.9. The van der Waals surface area contributed by atoms with Crippen LogP contribution in [-0.4, -0.2) is 25.1 Å². The van der Waals surface area contributed by atoms with Gasteiger partial charge >= 0.3 is 0 Å². The molecule has 132 valence electrons. The zero-order valence-corrected chi connectivity index (χ0v) is 16.1. The van der Waals surface area contributed by atoms with E-state index in [1.807, 2.05) is 0 Å². The Hall–Kier alpha value is -1.68. The Morgan fingerprint density at radius 2 is 1.80 bits per heavy atom. The van der Waals surface area contributed by atoms with Gasteiger partial charge in [-0.15, -0.1) is 0 Å². The van der Waals surface area contributed by atoms with E-state index in [0.717, 1.165) is 12.1 Å². The Morgan fingerprint density at radius 1 is 1.20 bits per heavy atom. The van der Waals surface area contributed by atoms with E-state index in [1.165, 1.54) is 30.3 Å². The molecule has 25 heavy (non-hydrogen) atoms. The zero-order valence-electron chi connectivity index (χ0n) is 12.2. The lowest BCUT2D eigenvalue weighted by Gasteiger charge is -2.23. The van der Waals surface area contributed by atoms with Crippen LogP contribution >= 0.6 is 39.1 Å². The summed E-state index contributed by atoms with van der Waals surface area (Å²) < 4.78 is 27.1. The van der Waals surface area contributed by atoms with Gasteiger partial charge in [0.05, 0.1) is 20.5 Å². The number of nitro benzene ring substituents is 1. The molecule has 0 atom stereocenters. The summed E-state index contributed by atoms with van der Waals surface area (Å²) in [5, 5.41) is 9.91. The van der Waals surface area contributed by atoms with Gasteiger partial charge in [-0.3, -0.25) is 19.2 Å². The van der Waals surface area contributed by atoms with Crippen molar-refractivity contribution in [3.05, 3.63) is 62.1 Å². The van der Waals surface area contributed by atoms with Gasteiger partial charge in [-0.05, 0) is 41.9 Å². The molecular weight excluding hydrogens is 459 g/mol. The SMILES string of the molecule is O=C(Cl)CN(c1cc([N+](=O)[O-])ccc1Cl)S(=O)(=O)c1ccc(Br)cc1. The van der Waals surface area contributed by atoms with Gasteiger partial charge < -0.3 is 0 Å². The molecule has 0 amide bonds. The van der Waals surface area contributed by atoms with Crippen LogP contribution in [0.5, 0.6) is 0 Å². The summed E-state index contributed by atoms with van der Waals surface area (Å²) in [6.45, 7) is -0.735. The molecule has 2 aromatic rings. The van der Waals surface area contributed by atoms with Crippen molar-refractivity contribution in [2.45, 2.75) is 4.90 Å². The molecule has 0 heterocycles. The number of nitrogens with zero attached hydrogens (tertiary/aromatic N) is 2. The molecule has 0 saturated heterocycles. The third kappa shape index (κ3) is 4.49. The van der Waals surface area contributed by atoms with Crippen LogP contribution in [0.4, 0.5) is 11.4 Å². The van der Waals surface area contributed by atoms with E-state index in [4.69, 9.17) is 23.2 Å². The Bertz CT molecular complexity index is 935. The van der Waals surface area contributed by atoms with Crippen molar-refractivity contribution < 1.29 is 18.1 Å². The number of benzene rings is 2. The van der Waals surface area contributed by atoms with Crippen LogP contribution in [0, 0.1) is 10.1 Å². The number of hydrogen-bond donors (Lipinski definition) is 0. The number of rotatable bonds is 6. The van der Waals surface area contributed by atoms with Crippen molar-refractivity contribution in [2.24, 2.45) is 0 Å². The molecule has 2 rings (SSSR count). The fraction of sp³-hybridized carbons (Fsp3) is 0.0714. The van der Waals surface area contributed by atoms with E-state index in [-0.39, 0.29) is 21.3 Å². The van der Waals surface area contributed by atoms with Gasteiger partial charge in [0, 0.05) is 16.6 Å². The lowest BCUT2D eigenvalue weighted by atomic mass is 10.3. The highest BCUT2D eigenvalue weighted by molar-refractivity contribution is 9.10. The fourth-order valence-corrected chi connectivity index (χ4v) is 4.11. The Kier molecular flexibility index (Phi) is 6.04. The molecule has 2 aromatic carbocycles. The highest BCUT2D eigenvalue weighted by atomic mass is 79.9. The fourth-order valence-electron chi connectivity index (χ4n) is 1.95. The van der Waals surface area contributed by atoms with Gasteiger partial charge in [-0.2, -0.15) is 0 Å². The standard InChI is InChI=1S/C14H9BrCl2N2O5S/c15-9-1-4-11(5-2-9)25(23,24)18(8-14(17)20)13-7-10(19(21)22)3-6-12(13)16/h1-7H,8H2. The number of anilines is 1. The predicted octanol–water partition coefficient (Wildman–Crippen LogP) is 3.97. The number of carbonyl (C=O) groups is 1. The van der Waals surface area contributed by atoms with Gasteiger partial charge in [0.15, 0.2) is 0 Å². The summed E-state index contributed by atoms with van der Waals surface area (Å²) in [4.78, 5) is 21.5. The van der Waals surface area contributed by atoms with Gasteiger partial charge in [-0.1, -0.05) is 27.5 Å². The first-order chi connectivity index (χ1) is 11.6. The van der Waals surface area contributed by atoms with Crippen LogP contribution in [-0.2, 0) is 14.8 Å². The number of non-ortho nitro benzene ring substituents is 1. The third-order valence-electron chi connectivity index (χ3n) is 3.08. The maximum Gasteiger partial charge on any atom is 0.271 e. The minimum absolute atomic E-state index is 0.0794. The summed E-state index contributed by atoms with van der Waals surface area (Å²) >= 11 is 14.6. The van der Waals surface area contributed by atoms with E-state index in [2.05, 4.69) is 15.9 Å². The summed E-state index contributed by atoms with van der Waals surface area (Å²) in [5.74, 6) is 0. The lowest BCUT2D eigenvalue weighted by molar-refractivity contribution is -0.384. The number of carbonyl (C=O) groups excluding carboxylic acids is 1. The smallest absolute Gasteiger partial charge is 0.271 e. The molecule has 0 fully saturated rings. The predicted molar refractivity (Wildman–Crippen MR) is 97.6 cm³/mol. The third-order valence-corrected chi connectivity index (χ3v) is 5.82. The van der Waals surface area contributed by atoms with Crippen LogP contribution in [0.3, 0.4) is 0 Å². The van der Waals surface area contributed by atoms with Crippen LogP contribution in [0.2, 0.25) is 5.02 Å². The van der Waals surface area contributed by atoms with Crippen molar-refractivity contribution in [2.75, 3.05) is 10.8 Å². The first kappa shape index (κ1) is 19.6. The molecule has 11 heteroatoms. The Morgan fingerprint density at radius 3 is 2.32 bits per heavy atom. The molecule has 0 aliphatic rings. The van der Waals surface area contributed by atoms with Crippen LogP contribution in [0.25, 0.3) is 0 Å². The first-order valence-electron chi connectivity index (χ1n) is 6.53. The molecule has 7 nitrogen and oxygen atoms in total. The molecule has 0 aromatic heterocycles. The molecular formula is C14H9BrCl2N2O5S. The number of sulfonamides is 1. The monoisotopic (exact) mass is 466 g/mol. The summed E-state index contributed by atoms with van der Waals surface area (Å²) in [5.41, 5.74) is -0.592. The molecule has 0 radical (unpaired) electrons. The summed E-state index contributed by atoms with van der Waals surface area (Å²) in [6.07, 6.45) is 0. The number of halogens is 3. The normalized spacial score (nSPS) is 11.2. The van der Waals surface area contributed by atoms with Crippen molar-refractivity contribution in [1.29, 1.82) is 0 Å². The number of hydrogen-bond acceptors (Lipinski definition) is 5. The van der Waals surface area contributed by atoms with Gasteiger partial charge in [0.1, 0.15) is 6.54 Å². The highest BCUT2D eigenvalue weighted by Crippen LogP contribution is 2.34. The van der Waals surface area contributed by atoms with E-state index in [0.29, 0.717) is 8.78 Å². The molecule has 0 saturated carbocycles. The van der Waals surface area contributed by atoms with Crippen molar-refractivity contribution in [3.63, 3.8) is 0 Å². The first-order valence-corrected chi connectivity index (χ1v) is 9.52. The van der Waals surface area contributed by atoms with Crippen molar-refractivity contribution in [1.82, 2.24) is 0 Å². The molecule has 0 bridgehead atoms. The average Bonchev–Trinajstić information content (AvgIpc) is 2.53. The van der Waals surface area contributed by atoms with Gasteiger partial charge in [0.25, 0.3) is 15.7 Å². The molecule has 0 aliphatic heterocycles. The molecule has 0 unspecified atom stereocenters. The van der Waals surface area contributed by atoms with Crippen LogP contribution in [0.15, 0.2) is 51.8 Å². The highest BCUT2D eigenvalue weighted by Gasteiger charge is 2.29. The van der Waals surface area contributed by atoms with Gasteiger partial charge in [-0.25, -0.2) is 8.42 Å². The second kappa shape index (κ2) is 7.69. The second-order valence-corrected chi connectivity index (χ2v) is 8.32. The number of nitro groups is 1. The van der Waals surface area contributed by atoms with E-state index in [1.54, 1.807) is 0 Å². The Balaban J connectivity index is 2.64. The van der Waals surface area contributed by atoms with Crippen molar-refractivity contribution >= 4 is 65.8 Å². The van der Waals surface area contributed by atoms with Gasteiger partial charge in [0.2, 0.25) is 5.24 Å². The molecule has 0 spiro atoms. The van der Waals surface area contributed by atoms with Crippen LogP contribution < -0.4 is 4.31 Å². The van der Waals surface area contributed by atoms with E-state index in [9.17, 15) is 23.3 Å². The minimum atomic E-state index is -4.23. The average molecular weight is 468 g/mol. The maximum absolute atomic E-state index is 12.9. The summed E-state index contributed by atoms with van der Waals surface area (Å²) in [6, 6.07) is 8.91. The van der Waals surface area contributed by atoms with E-state index < -0.39 is 26.7 Å². The Labute approximate surface area is 161 Å². The lowest BCUT2D eigenvalue weighted by Crippen LogP contribution is -2.34. The largest absolute Gasteiger partial charge is 0.279 e. The van der Waals surface area contributed by atoms with Crippen molar-refractivity contribution in [3.8, 4) is 0 Å². The topological polar surface area (TPSA) is 97.6 Å². The van der Waals surface area contributed by atoms with Crippen LogP contribution in [0.1, 0.15) is 0 Å². The molecule has 0 N–H and O–H groups in total. The quantitative estimate of drug-likeness (QED) is 0.363.